The number of allylic oxidation sites excluding steroid dienone is 1. The van der Waals surface area contributed by atoms with Crippen molar-refractivity contribution < 1.29 is 4.42 Å². The Bertz CT molecular complexity index is 4600. The van der Waals surface area contributed by atoms with Gasteiger partial charge in [-0.15, -0.1) is 11.3 Å². The first-order valence-corrected chi connectivity index (χ1v) is 26.9. The van der Waals surface area contributed by atoms with Gasteiger partial charge >= 0.3 is 0 Å². The van der Waals surface area contributed by atoms with Gasteiger partial charge in [0.25, 0.3) is 0 Å². The molecule has 76 heavy (non-hydrogen) atoms. The zero-order valence-corrected chi connectivity index (χ0v) is 42.0. The van der Waals surface area contributed by atoms with Gasteiger partial charge in [-0.1, -0.05) is 218 Å². The first-order chi connectivity index (χ1) is 37.7. The normalized spacial score (nSPS) is 14.1. The van der Waals surface area contributed by atoms with Crippen LogP contribution in [0.3, 0.4) is 0 Å². The van der Waals surface area contributed by atoms with Gasteiger partial charge in [-0.3, -0.25) is 0 Å². The lowest BCUT2D eigenvalue weighted by atomic mass is 9.70. The van der Waals surface area contributed by atoms with Crippen LogP contribution in [0, 0.1) is 0 Å². The predicted molar refractivity (Wildman–Crippen MR) is 318 cm³/mol. The van der Waals surface area contributed by atoms with Crippen LogP contribution < -0.4 is 0 Å². The summed E-state index contributed by atoms with van der Waals surface area (Å²) in [5.74, 6) is 0.661. The molecule has 16 rings (SSSR count). The second-order valence-corrected chi connectivity index (χ2v) is 21.3. The van der Waals surface area contributed by atoms with Crippen LogP contribution in [0.1, 0.15) is 45.4 Å². The van der Waals surface area contributed by atoms with E-state index in [4.69, 9.17) is 14.4 Å². The lowest BCUT2D eigenvalue weighted by Gasteiger charge is -2.30. The number of nitrogens with zero attached hydrogens (tertiary/aromatic N) is 2. The highest BCUT2D eigenvalue weighted by molar-refractivity contribution is 7.26. The van der Waals surface area contributed by atoms with Crippen molar-refractivity contribution in [2.45, 2.75) is 11.8 Å². The summed E-state index contributed by atoms with van der Waals surface area (Å²) in [4.78, 5) is 11.1. The summed E-state index contributed by atoms with van der Waals surface area (Å²) < 4.78 is 9.18. The number of rotatable bonds is 6. The summed E-state index contributed by atoms with van der Waals surface area (Å²) in [5.41, 5.74) is 23.8. The third-order valence-corrected chi connectivity index (χ3v) is 17.4. The summed E-state index contributed by atoms with van der Waals surface area (Å²) >= 11 is 1.83. The molecule has 13 aromatic rings. The van der Waals surface area contributed by atoms with Crippen molar-refractivity contribution in [2.24, 2.45) is 9.98 Å². The summed E-state index contributed by atoms with van der Waals surface area (Å²) in [6.45, 7) is 0. The Morgan fingerprint density at radius 1 is 0.355 bits per heavy atom. The molecular weight excluding hydrogens is 941 g/mol. The Balaban J connectivity index is 0.808. The molecule has 354 valence electrons. The van der Waals surface area contributed by atoms with Gasteiger partial charge in [0, 0.05) is 48.5 Å². The zero-order valence-electron chi connectivity index (χ0n) is 41.2. The number of furan rings is 1. The Kier molecular flexibility index (Phi) is 9.48. The summed E-state index contributed by atoms with van der Waals surface area (Å²) in [7, 11) is 0. The largest absolute Gasteiger partial charge is 0.456 e. The predicted octanol–water partition coefficient (Wildman–Crippen LogP) is 19.0. The third kappa shape index (κ3) is 6.41. The molecule has 1 aliphatic heterocycles. The van der Waals surface area contributed by atoms with Crippen molar-refractivity contribution in [3.8, 4) is 55.6 Å². The molecule has 0 bridgehead atoms. The van der Waals surface area contributed by atoms with E-state index >= 15 is 0 Å². The molecule has 0 saturated heterocycles. The second kappa shape index (κ2) is 16.8. The number of aliphatic imine (C=N–C) groups is 2. The average Bonchev–Trinajstić information content (AvgIpc) is 4.35. The van der Waals surface area contributed by atoms with Gasteiger partial charge in [0.15, 0.2) is 5.84 Å². The SMILES string of the molecule is C1=C(c2cccc3c2sc2ccccc23)N=C(c2cccc3oc4ccc(-c5ccc(-c6ccc7c(c6)C6(c8ccccc8-c8ccccc86)c6ccccc6-7)cc5)cc4c23)N=C(c2cccc(-c3ccccc3)c2)C1. The zero-order chi connectivity index (χ0) is 49.9. The molecule has 3 aliphatic rings. The maximum atomic E-state index is 6.69. The Morgan fingerprint density at radius 2 is 0.895 bits per heavy atom. The molecule has 3 nitrogen and oxygen atoms in total. The van der Waals surface area contributed by atoms with Crippen LogP contribution >= 0.6 is 11.3 Å². The number of amidine groups is 1. The molecule has 0 amide bonds. The van der Waals surface area contributed by atoms with Gasteiger partial charge in [-0.2, -0.15) is 0 Å². The van der Waals surface area contributed by atoms with Gasteiger partial charge in [-0.25, -0.2) is 9.98 Å². The highest BCUT2D eigenvalue weighted by Gasteiger charge is 2.51. The Labute approximate surface area is 443 Å². The van der Waals surface area contributed by atoms with E-state index in [2.05, 4.69) is 255 Å². The quantitative estimate of drug-likeness (QED) is 0.164. The van der Waals surface area contributed by atoms with Crippen LogP contribution in [-0.2, 0) is 5.41 Å². The number of hydrogen-bond donors (Lipinski definition) is 0. The van der Waals surface area contributed by atoms with E-state index in [1.54, 1.807) is 0 Å². The minimum atomic E-state index is -0.384. The van der Waals surface area contributed by atoms with Crippen molar-refractivity contribution in [1.29, 1.82) is 0 Å². The number of hydrogen-bond acceptors (Lipinski definition) is 4. The van der Waals surface area contributed by atoms with Gasteiger partial charge in [0.05, 0.1) is 16.8 Å². The number of benzene rings is 11. The van der Waals surface area contributed by atoms with Crippen molar-refractivity contribution in [1.82, 2.24) is 0 Å². The van der Waals surface area contributed by atoms with E-state index in [1.165, 1.54) is 81.4 Å². The third-order valence-electron chi connectivity index (χ3n) is 16.2. The fourth-order valence-electron chi connectivity index (χ4n) is 12.8. The average molecular weight is 985 g/mol. The molecule has 0 atom stereocenters. The molecule has 0 radical (unpaired) electrons. The number of thiophene rings is 1. The van der Waals surface area contributed by atoms with E-state index in [0.29, 0.717) is 12.3 Å². The van der Waals surface area contributed by atoms with Gasteiger partial charge in [0.1, 0.15) is 11.2 Å². The maximum Gasteiger partial charge on any atom is 0.160 e. The monoisotopic (exact) mass is 984 g/mol. The Morgan fingerprint density at radius 3 is 1.66 bits per heavy atom. The van der Waals surface area contributed by atoms with Crippen molar-refractivity contribution >= 4 is 70.7 Å². The number of fused-ring (bicyclic) bond motifs is 16. The Hall–Kier alpha value is -9.48. The van der Waals surface area contributed by atoms with Crippen molar-refractivity contribution in [3.05, 3.63) is 294 Å². The van der Waals surface area contributed by atoms with Gasteiger partial charge in [0.2, 0.25) is 0 Å². The van der Waals surface area contributed by atoms with Crippen LogP contribution in [0.4, 0.5) is 0 Å². The minimum absolute atomic E-state index is 0.384. The maximum absolute atomic E-state index is 6.69. The molecule has 0 fully saturated rings. The fourth-order valence-corrected chi connectivity index (χ4v) is 14.0. The molecular formula is C72H44N2OS. The molecule has 3 heterocycles. The van der Waals surface area contributed by atoms with Gasteiger partial charge in [-0.05, 0) is 120 Å². The van der Waals surface area contributed by atoms with E-state index in [9.17, 15) is 0 Å². The van der Waals surface area contributed by atoms with Crippen molar-refractivity contribution in [3.63, 3.8) is 0 Å². The first kappa shape index (κ1) is 43.0. The van der Waals surface area contributed by atoms with Crippen LogP contribution in [0.5, 0.6) is 0 Å². The van der Waals surface area contributed by atoms with E-state index in [0.717, 1.165) is 66.7 Å². The summed E-state index contributed by atoms with van der Waals surface area (Å²) in [6.07, 6.45) is 2.88. The molecule has 0 N–H and O–H groups in total. The second-order valence-electron chi connectivity index (χ2n) is 20.2. The molecule has 4 heteroatoms. The molecule has 0 unspecified atom stereocenters. The highest BCUT2D eigenvalue weighted by atomic mass is 32.1. The van der Waals surface area contributed by atoms with Gasteiger partial charge < -0.3 is 4.42 Å². The van der Waals surface area contributed by atoms with E-state index in [-0.39, 0.29) is 5.41 Å². The van der Waals surface area contributed by atoms with Crippen LogP contribution in [0.2, 0.25) is 0 Å². The minimum Gasteiger partial charge on any atom is -0.456 e. The molecule has 2 aromatic heterocycles. The highest BCUT2D eigenvalue weighted by Crippen LogP contribution is 2.63. The molecule has 11 aromatic carbocycles. The lowest BCUT2D eigenvalue weighted by molar-refractivity contribution is 0.669. The van der Waals surface area contributed by atoms with E-state index in [1.807, 2.05) is 11.3 Å². The molecule has 2 aliphatic carbocycles. The van der Waals surface area contributed by atoms with Crippen LogP contribution in [-0.4, -0.2) is 11.5 Å². The summed E-state index contributed by atoms with van der Waals surface area (Å²) in [6, 6.07) is 90.7. The smallest absolute Gasteiger partial charge is 0.160 e. The van der Waals surface area contributed by atoms with Crippen molar-refractivity contribution in [2.75, 3.05) is 0 Å². The summed E-state index contributed by atoms with van der Waals surface area (Å²) in [5, 5.41) is 4.54. The molecule has 0 saturated carbocycles. The topological polar surface area (TPSA) is 37.9 Å². The standard InChI is InChI=1S/C72H44N2OS/c1-2-15-44(16-3-1)47-17-12-18-50(41-47)64-38-39-65(57-24-13-23-56-55-22-7-11-30-68(55)76-70(56)57)74-71(73-64)58-25-14-29-67-69(58)59-42-48(36-40-66(59)75-67)45-31-33-46(34-32-45)49-35-37-54-53-21-6-10-28-62(53)72(63(54)43-49)60-26-8-4-19-51(60)52-20-5-9-27-61(52)72/h1-37,39-43H,38H2. The van der Waals surface area contributed by atoms with Crippen LogP contribution in [0.15, 0.2) is 269 Å². The fraction of sp³-hybridized carbons (Fsp3) is 0.0278. The molecule has 1 spiro atoms. The lowest BCUT2D eigenvalue weighted by Crippen LogP contribution is -2.25. The van der Waals surface area contributed by atoms with E-state index < -0.39 is 0 Å². The first-order valence-electron chi connectivity index (χ1n) is 26.1. The van der Waals surface area contributed by atoms with Crippen LogP contribution in [0.25, 0.3) is 103 Å².